The van der Waals surface area contributed by atoms with Crippen molar-refractivity contribution in [3.05, 3.63) is 0 Å². The van der Waals surface area contributed by atoms with E-state index in [4.69, 9.17) is 20.4 Å². The van der Waals surface area contributed by atoms with Gasteiger partial charge >= 0.3 is 88.7 Å². The van der Waals surface area contributed by atoms with Gasteiger partial charge in [0, 0.05) is 0 Å². The van der Waals surface area contributed by atoms with Crippen LogP contribution in [0.1, 0.15) is 0 Å². The van der Waals surface area contributed by atoms with Gasteiger partial charge in [0.05, 0.1) is 20.4 Å². The third kappa shape index (κ3) is 12.9. The topological polar surface area (TPSA) is 193 Å². The molecule has 102 valence electrons. The van der Waals surface area contributed by atoms with E-state index in [1.807, 2.05) is 0 Å². The Hall–Kier alpha value is 2.42. The maximum atomic E-state index is 10.1. The first-order chi connectivity index (χ1) is 7.56. The summed E-state index contributed by atoms with van der Waals surface area (Å²) < 4.78 is 13.6. The molecule has 4 atom stereocenters. The molecule has 0 radical (unpaired) electrons. The molecule has 0 aromatic heterocycles. The zero-order valence-electron chi connectivity index (χ0n) is 11.2. The van der Waals surface area contributed by atoms with Crippen LogP contribution < -0.4 is 104 Å². The van der Waals surface area contributed by atoms with Crippen molar-refractivity contribution in [2.45, 2.75) is 24.4 Å². The molecule has 10 nitrogen and oxygen atoms in total. The number of hydrogen-bond acceptors (Lipinski definition) is 10. The van der Waals surface area contributed by atoms with Crippen molar-refractivity contribution < 1.29 is 138 Å². The van der Waals surface area contributed by atoms with Gasteiger partial charge in [-0.05, 0) is 0 Å². The summed E-state index contributed by atoms with van der Waals surface area (Å²) >= 11 is 0. The van der Waals surface area contributed by atoms with Gasteiger partial charge < -0.3 is 49.2 Å². The molecule has 0 saturated carbocycles. The van der Waals surface area contributed by atoms with Gasteiger partial charge in [0.25, 0.3) is 0 Å². The molecule has 14 heteroatoms. The Morgan fingerprint density at radius 1 is 1.05 bits per heavy atom. The predicted molar refractivity (Wildman–Crippen MR) is 42.6 cm³/mol. The summed E-state index contributed by atoms with van der Waals surface area (Å²) in [6, 6.07) is 0. The molecule has 0 saturated heterocycles. The van der Waals surface area contributed by atoms with Crippen LogP contribution in [0, 0.1) is 0 Å². The number of aliphatic hydroxyl groups is 4. The molecule has 0 aliphatic heterocycles. The molecule has 0 rings (SSSR count). The second kappa shape index (κ2) is 13.8. The van der Waals surface area contributed by atoms with E-state index in [1.54, 1.807) is 0 Å². The fourth-order valence-electron chi connectivity index (χ4n) is 0.820. The summed E-state index contributed by atoms with van der Waals surface area (Å²) in [7, 11) is -5.38. The first kappa shape index (κ1) is 30.3. The molecule has 4 N–H and O–H groups in total. The van der Waals surface area contributed by atoms with E-state index >= 15 is 0 Å². The summed E-state index contributed by atoms with van der Waals surface area (Å²) in [5.41, 5.74) is 0. The van der Waals surface area contributed by atoms with Gasteiger partial charge in [-0.2, -0.15) is 0 Å². The fraction of sp³-hybridized carbons (Fsp3) is 0.833. The van der Waals surface area contributed by atoms with Crippen LogP contribution in [0.2, 0.25) is 0 Å². The normalized spacial score (nSPS) is 16.5. The number of carbonyl (C=O) groups is 1. The molecule has 0 spiro atoms. The first-order valence-electron chi connectivity index (χ1n) is 4.16. The molecule has 0 aromatic carbocycles. The van der Waals surface area contributed by atoms with Crippen LogP contribution in [0.25, 0.3) is 0 Å². The molecule has 0 heterocycles. The van der Waals surface area contributed by atoms with E-state index in [0.717, 1.165) is 0 Å². The van der Waals surface area contributed by atoms with E-state index in [-0.39, 0.29) is 88.7 Å². The summed E-state index contributed by atoms with van der Waals surface area (Å²) in [6.07, 6.45) is -9.16. The van der Waals surface area contributed by atoms with Gasteiger partial charge in [-0.15, -0.1) is 0 Å². The van der Waals surface area contributed by atoms with Crippen LogP contribution in [0.5, 0.6) is 0 Å². The summed E-state index contributed by atoms with van der Waals surface area (Å²) in [4.78, 5) is 30.1. The average molecular weight is 342 g/mol. The number of phosphoric acid groups is 1. The van der Waals surface area contributed by atoms with Gasteiger partial charge in [-0.25, -0.2) is 0 Å². The molecule has 0 unspecified atom stereocenters. The van der Waals surface area contributed by atoms with Gasteiger partial charge in [0.15, 0.2) is 0 Å². The quantitative estimate of drug-likeness (QED) is 0.255. The Morgan fingerprint density at radius 2 is 1.45 bits per heavy atom. The number of rotatable bonds is 7. The van der Waals surface area contributed by atoms with Crippen molar-refractivity contribution in [1.29, 1.82) is 0 Å². The third-order valence-corrected chi connectivity index (χ3v) is 2.18. The number of aliphatic carboxylic acids is 1. The summed E-state index contributed by atoms with van der Waals surface area (Å²) in [6.45, 7) is -1.19. The Bertz CT molecular complexity index is 311. The minimum absolute atomic E-state index is 0. The van der Waals surface area contributed by atoms with Crippen LogP contribution in [0.15, 0.2) is 0 Å². The number of phosphoric ester groups is 1. The van der Waals surface area contributed by atoms with Crippen LogP contribution in [0.4, 0.5) is 0 Å². The van der Waals surface area contributed by atoms with Crippen LogP contribution >= 0.6 is 7.82 Å². The Balaban J connectivity index is -0.000000427. The van der Waals surface area contributed by atoms with E-state index < -0.39 is 44.8 Å². The summed E-state index contributed by atoms with van der Waals surface area (Å²) in [5, 5.41) is 45.9. The predicted octanol–water partition coefficient (Wildman–Crippen LogP) is -15.0. The van der Waals surface area contributed by atoms with Gasteiger partial charge in [0.2, 0.25) is 0 Å². The van der Waals surface area contributed by atoms with Crippen molar-refractivity contribution in [1.82, 2.24) is 0 Å². The second-order valence-corrected chi connectivity index (χ2v) is 4.21. The number of carboxylic acid groups (broad SMARTS) is 1. The maximum Gasteiger partial charge on any atom is 1.00 e. The largest absolute Gasteiger partial charge is 1.00 e. The molecule has 0 aliphatic carbocycles. The van der Waals surface area contributed by atoms with E-state index in [0.29, 0.717) is 0 Å². The number of carbonyl (C=O) groups excluding carboxylic acids is 1. The Morgan fingerprint density at radius 3 is 1.75 bits per heavy atom. The number of carboxylic acids is 1. The van der Waals surface area contributed by atoms with Gasteiger partial charge in [0.1, 0.15) is 24.4 Å². The first-order valence-corrected chi connectivity index (χ1v) is 5.62. The second-order valence-electron chi connectivity index (χ2n) is 3.06. The average Bonchev–Trinajstić information content (AvgIpc) is 2.21. The molecule has 0 fully saturated rings. The molecular formula is C6H10Na3O10P. The van der Waals surface area contributed by atoms with Crippen LogP contribution in [-0.4, -0.2) is 57.4 Å². The van der Waals surface area contributed by atoms with Crippen molar-refractivity contribution >= 4 is 13.8 Å². The van der Waals surface area contributed by atoms with Crippen LogP contribution in [-0.2, 0) is 13.9 Å². The molecule has 0 amide bonds. The zero-order valence-corrected chi connectivity index (χ0v) is 18.1. The Kier molecular flexibility index (Phi) is 21.0. The van der Waals surface area contributed by atoms with E-state index in [2.05, 4.69) is 4.52 Å². The SMILES string of the molecule is O=C([O-])[C@H](O)[C@H](O)[C@@H](O)[C@H](O)COP(=O)([O-])[O-].[Na+].[Na+].[Na+]. The third-order valence-electron chi connectivity index (χ3n) is 1.71. The van der Waals surface area contributed by atoms with Gasteiger partial charge in [-0.1, -0.05) is 0 Å². The van der Waals surface area contributed by atoms with Crippen molar-refractivity contribution in [3.63, 3.8) is 0 Å². The Labute approximate surface area is 180 Å². The van der Waals surface area contributed by atoms with E-state index in [9.17, 15) is 24.3 Å². The van der Waals surface area contributed by atoms with Crippen molar-refractivity contribution in [3.8, 4) is 0 Å². The molecular weight excluding hydrogens is 332 g/mol. The number of aliphatic hydroxyl groups excluding tert-OH is 4. The molecule has 20 heavy (non-hydrogen) atoms. The monoisotopic (exact) mass is 342 g/mol. The molecule has 0 aromatic rings. The minimum Gasteiger partial charge on any atom is -0.790 e. The van der Waals surface area contributed by atoms with Crippen molar-refractivity contribution in [2.75, 3.05) is 6.61 Å². The fourth-order valence-corrected chi connectivity index (χ4v) is 1.16. The maximum absolute atomic E-state index is 10.1. The zero-order chi connectivity index (χ0) is 13.8. The standard InChI is InChI=1S/C6H13O10P.3Na/c7-2(1-16-17(13,14)15)3(8)4(9)5(10)6(11)12;;;/h2-5,7-10H,1H2,(H,11,12)(H2,13,14,15);;;/q;3*+1/p-3/t2-,3+,4-,5-;;;/m1.../s1. The van der Waals surface area contributed by atoms with Crippen LogP contribution in [0.3, 0.4) is 0 Å². The summed E-state index contributed by atoms with van der Waals surface area (Å²) in [5.74, 6) is -2.11. The molecule has 0 bridgehead atoms. The van der Waals surface area contributed by atoms with Gasteiger partial charge in [-0.3, -0.25) is 0 Å². The van der Waals surface area contributed by atoms with Crippen molar-refractivity contribution in [2.24, 2.45) is 0 Å². The number of hydrogen-bond donors (Lipinski definition) is 4. The van der Waals surface area contributed by atoms with E-state index in [1.165, 1.54) is 0 Å². The smallest absolute Gasteiger partial charge is 0.790 e. The minimum atomic E-state index is -5.38. The molecule has 0 aliphatic rings.